The van der Waals surface area contributed by atoms with Gasteiger partial charge in [0.05, 0.1) is 23.4 Å². The molecular formula is C22H20N4O2S3. The molecule has 1 amide bonds. The zero-order valence-corrected chi connectivity index (χ0v) is 19.4. The van der Waals surface area contributed by atoms with Gasteiger partial charge in [-0.1, -0.05) is 36.0 Å². The van der Waals surface area contributed by atoms with Crippen LogP contribution in [0.15, 0.2) is 76.1 Å². The van der Waals surface area contributed by atoms with Crippen LogP contribution in [-0.4, -0.2) is 39.8 Å². The molecule has 0 saturated heterocycles. The van der Waals surface area contributed by atoms with Crippen molar-refractivity contribution >= 4 is 46.5 Å². The van der Waals surface area contributed by atoms with Gasteiger partial charge >= 0.3 is 0 Å². The number of rotatable bonds is 8. The fraction of sp³-hybridized carbons (Fsp3) is 0.136. The van der Waals surface area contributed by atoms with Crippen molar-refractivity contribution in [1.29, 1.82) is 0 Å². The van der Waals surface area contributed by atoms with Gasteiger partial charge in [0.25, 0.3) is 0 Å². The van der Waals surface area contributed by atoms with Crippen LogP contribution in [0.25, 0.3) is 16.4 Å². The van der Waals surface area contributed by atoms with Crippen LogP contribution in [0.5, 0.6) is 5.75 Å². The first-order valence-corrected chi connectivity index (χ1v) is 12.5. The fourth-order valence-electron chi connectivity index (χ4n) is 2.99. The molecule has 6 nitrogen and oxygen atoms in total. The molecule has 0 aliphatic rings. The first-order valence-electron chi connectivity index (χ1n) is 9.39. The number of thiophene rings is 1. The molecule has 0 spiro atoms. The lowest BCUT2D eigenvalue weighted by Crippen LogP contribution is -2.14. The van der Waals surface area contributed by atoms with Crippen molar-refractivity contribution in [3.63, 3.8) is 0 Å². The molecule has 0 aliphatic carbocycles. The van der Waals surface area contributed by atoms with Crippen molar-refractivity contribution in [2.75, 3.05) is 24.4 Å². The Hall–Kier alpha value is -2.75. The second kappa shape index (κ2) is 10.0. The number of para-hydroxylation sites is 2. The Morgan fingerprint density at radius 2 is 2.00 bits per heavy atom. The summed E-state index contributed by atoms with van der Waals surface area (Å²) in [6, 6.07) is 19.5. The number of carbonyl (C=O) groups is 1. The van der Waals surface area contributed by atoms with Gasteiger partial charge in [-0.2, -0.15) is 0 Å². The van der Waals surface area contributed by atoms with Gasteiger partial charge in [0.15, 0.2) is 11.0 Å². The first kappa shape index (κ1) is 21.5. The lowest BCUT2D eigenvalue weighted by Gasteiger charge is -2.13. The largest absolute Gasteiger partial charge is 0.495 e. The topological polar surface area (TPSA) is 69.0 Å². The number of anilines is 1. The third kappa shape index (κ3) is 4.95. The second-order valence-electron chi connectivity index (χ2n) is 6.36. The maximum absolute atomic E-state index is 12.6. The molecule has 4 rings (SSSR count). The Labute approximate surface area is 193 Å². The summed E-state index contributed by atoms with van der Waals surface area (Å²) in [5, 5.41) is 14.4. The first-order chi connectivity index (χ1) is 15.2. The summed E-state index contributed by atoms with van der Waals surface area (Å²) in [6.07, 6.45) is 2.01. The van der Waals surface area contributed by atoms with Crippen molar-refractivity contribution in [1.82, 2.24) is 14.8 Å². The van der Waals surface area contributed by atoms with Crippen LogP contribution in [0.1, 0.15) is 0 Å². The molecule has 0 bridgehead atoms. The molecule has 2 aromatic heterocycles. The van der Waals surface area contributed by atoms with Gasteiger partial charge in [0.1, 0.15) is 5.75 Å². The van der Waals surface area contributed by atoms with E-state index in [2.05, 4.69) is 15.5 Å². The molecular weight excluding hydrogens is 448 g/mol. The Morgan fingerprint density at radius 1 is 1.13 bits per heavy atom. The third-order valence-electron chi connectivity index (χ3n) is 4.39. The van der Waals surface area contributed by atoms with Crippen LogP contribution < -0.4 is 10.1 Å². The Balaban J connectivity index is 1.59. The summed E-state index contributed by atoms with van der Waals surface area (Å²) in [5.74, 6) is 1.53. The molecule has 0 unspecified atom stereocenters. The molecule has 4 aromatic rings. The van der Waals surface area contributed by atoms with Gasteiger partial charge in [0, 0.05) is 10.6 Å². The van der Waals surface area contributed by atoms with E-state index in [1.54, 1.807) is 30.2 Å². The number of nitrogens with one attached hydrogen (secondary N) is 1. The number of hydrogen-bond donors (Lipinski definition) is 1. The van der Waals surface area contributed by atoms with E-state index in [0.717, 1.165) is 27.0 Å². The maximum Gasteiger partial charge on any atom is 0.234 e. The van der Waals surface area contributed by atoms with Crippen molar-refractivity contribution in [3.8, 4) is 22.1 Å². The highest BCUT2D eigenvalue weighted by atomic mass is 32.2. The van der Waals surface area contributed by atoms with Gasteiger partial charge in [-0.05, 0) is 48.0 Å². The van der Waals surface area contributed by atoms with E-state index in [1.165, 1.54) is 11.8 Å². The molecule has 0 aliphatic heterocycles. The van der Waals surface area contributed by atoms with Gasteiger partial charge in [-0.3, -0.25) is 9.36 Å². The predicted molar refractivity (Wildman–Crippen MR) is 129 cm³/mol. The number of aromatic nitrogens is 3. The van der Waals surface area contributed by atoms with Crippen molar-refractivity contribution < 1.29 is 9.53 Å². The average molecular weight is 469 g/mol. The van der Waals surface area contributed by atoms with Crippen LogP contribution in [0.3, 0.4) is 0 Å². The van der Waals surface area contributed by atoms with E-state index in [4.69, 9.17) is 4.74 Å². The van der Waals surface area contributed by atoms with E-state index in [9.17, 15) is 4.79 Å². The van der Waals surface area contributed by atoms with E-state index in [-0.39, 0.29) is 11.7 Å². The molecule has 9 heteroatoms. The summed E-state index contributed by atoms with van der Waals surface area (Å²) in [6.45, 7) is 0. The molecule has 0 saturated carbocycles. The number of ether oxygens (including phenoxy) is 1. The van der Waals surface area contributed by atoms with Gasteiger partial charge in [0.2, 0.25) is 5.91 Å². The van der Waals surface area contributed by atoms with Crippen LogP contribution in [-0.2, 0) is 4.79 Å². The summed E-state index contributed by atoms with van der Waals surface area (Å²) >= 11 is 4.56. The lowest BCUT2D eigenvalue weighted by molar-refractivity contribution is -0.113. The third-order valence-corrected chi connectivity index (χ3v) is 6.91. The molecule has 2 aromatic carbocycles. The minimum atomic E-state index is -0.101. The molecule has 158 valence electrons. The maximum atomic E-state index is 12.6. The Morgan fingerprint density at radius 3 is 2.77 bits per heavy atom. The fourth-order valence-corrected chi connectivity index (χ4v) is 4.89. The minimum absolute atomic E-state index is 0.101. The number of amides is 1. The molecule has 31 heavy (non-hydrogen) atoms. The normalized spacial score (nSPS) is 10.8. The second-order valence-corrected chi connectivity index (χ2v) is 9.13. The van der Waals surface area contributed by atoms with Gasteiger partial charge < -0.3 is 10.1 Å². The van der Waals surface area contributed by atoms with Crippen LogP contribution in [0, 0.1) is 0 Å². The molecule has 2 heterocycles. The minimum Gasteiger partial charge on any atom is -0.495 e. The summed E-state index contributed by atoms with van der Waals surface area (Å²) in [5.41, 5.74) is 1.61. The van der Waals surface area contributed by atoms with Gasteiger partial charge in [-0.15, -0.1) is 33.3 Å². The van der Waals surface area contributed by atoms with Crippen LogP contribution in [0.2, 0.25) is 0 Å². The van der Waals surface area contributed by atoms with E-state index in [0.29, 0.717) is 10.9 Å². The predicted octanol–water partition coefficient (Wildman–Crippen LogP) is 5.46. The average Bonchev–Trinajstić information content (AvgIpc) is 3.47. The molecule has 0 atom stereocenters. The van der Waals surface area contributed by atoms with Crippen LogP contribution in [0.4, 0.5) is 5.69 Å². The summed E-state index contributed by atoms with van der Waals surface area (Å²) in [4.78, 5) is 14.7. The van der Waals surface area contributed by atoms with E-state index < -0.39 is 0 Å². The monoisotopic (exact) mass is 468 g/mol. The Bertz CT molecular complexity index is 1180. The molecule has 0 fully saturated rings. The molecule has 1 N–H and O–H groups in total. The van der Waals surface area contributed by atoms with Crippen molar-refractivity contribution in [2.45, 2.75) is 10.1 Å². The smallest absolute Gasteiger partial charge is 0.234 e. The summed E-state index contributed by atoms with van der Waals surface area (Å²) in [7, 11) is 1.64. The SMILES string of the molecule is COc1ccccc1-n1c(SCC(=O)Nc2cccc(SC)c2)nnc1-c1cccs1. The van der Waals surface area contributed by atoms with Crippen LogP contribution >= 0.6 is 34.9 Å². The zero-order chi connectivity index (χ0) is 21.6. The number of carbonyl (C=O) groups excluding carboxylic acids is 1. The van der Waals surface area contributed by atoms with E-state index >= 15 is 0 Å². The number of hydrogen-bond acceptors (Lipinski definition) is 7. The highest BCUT2D eigenvalue weighted by molar-refractivity contribution is 7.99. The zero-order valence-electron chi connectivity index (χ0n) is 16.9. The molecule has 0 radical (unpaired) electrons. The number of thioether (sulfide) groups is 2. The quantitative estimate of drug-likeness (QED) is 0.347. The summed E-state index contributed by atoms with van der Waals surface area (Å²) < 4.78 is 7.50. The van der Waals surface area contributed by atoms with Gasteiger partial charge in [-0.25, -0.2) is 0 Å². The lowest BCUT2D eigenvalue weighted by atomic mass is 10.3. The standard InChI is InChI=1S/C22H20N4O2S3/c1-28-18-10-4-3-9-17(18)26-21(19-11-6-12-30-19)24-25-22(26)31-14-20(27)23-15-7-5-8-16(13-15)29-2/h3-13H,14H2,1-2H3,(H,23,27). The number of nitrogens with zero attached hydrogens (tertiary/aromatic N) is 3. The van der Waals surface area contributed by atoms with E-state index in [1.807, 2.05) is 76.9 Å². The van der Waals surface area contributed by atoms with Crippen molar-refractivity contribution in [2.24, 2.45) is 0 Å². The number of benzene rings is 2. The highest BCUT2D eigenvalue weighted by Crippen LogP contribution is 2.34. The van der Waals surface area contributed by atoms with Crippen molar-refractivity contribution in [3.05, 3.63) is 66.0 Å². The Kier molecular flexibility index (Phi) is 6.96. The number of methoxy groups -OCH3 is 1. The highest BCUT2D eigenvalue weighted by Gasteiger charge is 2.20.